The van der Waals surface area contributed by atoms with Crippen molar-refractivity contribution in [1.29, 1.82) is 0 Å². The largest absolute Gasteiger partial charge is 0.461 e. The summed E-state index contributed by atoms with van der Waals surface area (Å²) in [6.07, 6.45) is -21.4. The summed E-state index contributed by atoms with van der Waals surface area (Å²) < 4.78 is 139. The monoisotopic (exact) mass is 571 g/mol. The van der Waals surface area contributed by atoms with Crippen molar-refractivity contribution >= 4 is 0 Å². The first-order chi connectivity index (χ1) is 18.1. The van der Waals surface area contributed by atoms with E-state index in [9.17, 15) is 49.0 Å². The highest BCUT2D eigenvalue weighted by molar-refractivity contribution is 5.41. The smallest absolute Gasteiger partial charge is 0.457 e. The van der Waals surface area contributed by atoms with Gasteiger partial charge in [0.2, 0.25) is 0 Å². The van der Waals surface area contributed by atoms with E-state index in [4.69, 9.17) is 4.74 Å². The van der Waals surface area contributed by atoms with Crippen molar-refractivity contribution in [2.24, 2.45) is 0 Å². The Kier molecular flexibility index (Phi) is 9.01. The lowest BCUT2D eigenvalue weighted by atomic mass is 9.98. The maximum absolute atomic E-state index is 13.4. The van der Waals surface area contributed by atoms with Crippen molar-refractivity contribution in [1.82, 2.24) is 5.32 Å². The molecule has 0 aromatic heterocycles. The van der Waals surface area contributed by atoms with Crippen molar-refractivity contribution in [3.05, 3.63) is 89.5 Å². The second kappa shape index (κ2) is 11.7. The Labute approximate surface area is 214 Å². The molecule has 3 aromatic rings. The van der Waals surface area contributed by atoms with E-state index in [0.717, 1.165) is 42.5 Å². The lowest BCUT2D eigenvalue weighted by Crippen LogP contribution is -2.40. The average molecular weight is 571 g/mol. The van der Waals surface area contributed by atoms with Gasteiger partial charge in [-0.05, 0) is 59.7 Å². The van der Waals surface area contributed by atoms with Crippen LogP contribution in [0.2, 0.25) is 0 Å². The lowest BCUT2D eigenvalue weighted by molar-refractivity contribution is -0.253. The van der Waals surface area contributed by atoms with Gasteiger partial charge in [-0.3, -0.25) is 0 Å². The number of rotatable bonds is 10. The van der Waals surface area contributed by atoms with E-state index in [-0.39, 0.29) is 22.6 Å². The highest BCUT2D eigenvalue weighted by Gasteiger charge is 2.44. The molecule has 3 aromatic carbocycles. The van der Waals surface area contributed by atoms with Gasteiger partial charge in [-0.1, -0.05) is 24.3 Å². The van der Waals surface area contributed by atoms with Gasteiger partial charge in [0, 0.05) is 6.54 Å². The molecule has 0 aliphatic carbocycles. The maximum Gasteiger partial charge on any atom is 0.461 e. The molecule has 3 rings (SSSR count). The second-order valence-corrected chi connectivity index (χ2v) is 8.13. The molecule has 39 heavy (non-hydrogen) atoms. The van der Waals surface area contributed by atoms with Crippen LogP contribution in [0, 0.1) is 0 Å². The minimum absolute atomic E-state index is 0.00128. The fourth-order valence-electron chi connectivity index (χ4n) is 3.34. The van der Waals surface area contributed by atoms with Gasteiger partial charge in [0.25, 0.3) is 0 Å². The number of hydrogen-bond acceptors (Lipinski definition) is 4. The number of halogens is 10. The molecule has 0 bridgehead atoms. The molecule has 0 heterocycles. The van der Waals surface area contributed by atoms with Crippen LogP contribution in [0.25, 0.3) is 0 Å². The highest BCUT2D eigenvalue weighted by atomic mass is 19.4. The Morgan fingerprint density at radius 1 is 0.718 bits per heavy atom. The minimum Gasteiger partial charge on any atom is -0.457 e. The van der Waals surface area contributed by atoms with Crippen molar-refractivity contribution in [3.63, 3.8) is 0 Å². The number of benzene rings is 3. The molecule has 0 amide bonds. The predicted octanol–water partition coefficient (Wildman–Crippen LogP) is 7.34. The van der Waals surface area contributed by atoms with Gasteiger partial charge in [0.05, 0.1) is 11.6 Å². The van der Waals surface area contributed by atoms with Gasteiger partial charge in [0.1, 0.15) is 17.2 Å². The molecule has 2 N–H and O–H groups in total. The zero-order valence-electron chi connectivity index (χ0n) is 19.4. The van der Waals surface area contributed by atoms with E-state index in [0.29, 0.717) is 0 Å². The third-order valence-electron chi connectivity index (χ3n) is 5.20. The normalized spacial score (nSPS) is 14.3. The average Bonchev–Trinajstić information content (AvgIpc) is 2.83. The summed E-state index contributed by atoms with van der Waals surface area (Å²) in [6, 6.07) is 12.2. The van der Waals surface area contributed by atoms with Crippen LogP contribution >= 0.6 is 0 Å². The molecule has 0 radical (unpaired) electrons. The number of ether oxygens (including phenoxy) is 2. The summed E-state index contributed by atoms with van der Waals surface area (Å²) in [4.78, 5) is 0. The summed E-state index contributed by atoms with van der Waals surface area (Å²) in [5.41, 5.74) is -0.749. The van der Waals surface area contributed by atoms with Crippen LogP contribution in [-0.2, 0) is 6.18 Å². The van der Waals surface area contributed by atoms with Gasteiger partial charge in [-0.25, -0.2) is 0 Å². The molecule has 0 saturated carbocycles. The molecule has 0 aliphatic rings. The molecular formula is C25H19F10NO3. The van der Waals surface area contributed by atoms with Crippen LogP contribution in [-0.4, -0.2) is 36.5 Å². The highest BCUT2D eigenvalue weighted by Crippen LogP contribution is 2.34. The molecule has 2 unspecified atom stereocenters. The molecule has 2 atom stereocenters. The van der Waals surface area contributed by atoms with Gasteiger partial charge in [-0.2, -0.15) is 43.9 Å². The van der Waals surface area contributed by atoms with Crippen LogP contribution in [0.3, 0.4) is 0 Å². The number of nitrogens with one attached hydrogen (secondary N) is 1. The molecule has 0 saturated heterocycles. The van der Waals surface area contributed by atoms with Crippen LogP contribution in [0.5, 0.6) is 17.2 Å². The molecule has 0 aliphatic heterocycles. The van der Waals surface area contributed by atoms with Crippen LogP contribution in [0.1, 0.15) is 22.7 Å². The first kappa shape index (κ1) is 30.0. The zero-order valence-corrected chi connectivity index (χ0v) is 19.4. The van der Waals surface area contributed by atoms with Crippen molar-refractivity contribution in [3.8, 4) is 17.2 Å². The molecule has 212 valence electrons. The van der Waals surface area contributed by atoms with E-state index in [1.54, 1.807) is 0 Å². The lowest BCUT2D eigenvalue weighted by Gasteiger charge is -2.24. The Balaban J connectivity index is 1.92. The van der Waals surface area contributed by atoms with E-state index < -0.39 is 54.9 Å². The van der Waals surface area contributed by atoms with Crippen molar-refractivity contribution in [2.75, 3.05) is 6.54 Å². The van der Waals surface area contributed by atoms with Gasteiger partial charge >= 0.3 is 24.9 Å². The first-order valence-corrected chi connectivity index (χ1v) is 10.9. The Bertz CT molecular complexity index is 1230. The number of aliphatic hydroxyl groups excluding tert-OH is 1. The van der Waals surface area contributed by atoms with Crippen LogP contribution < -0.4 is 14.8 Å². The minimum atomic E-state index is -4.99. The summed E-state index contributed by atoms with van der Waals surface area (Å²) in [5.74, 6) is -0.660. The van der Waals surface area contributed by atoms with Crippen LogP contribution in [0.15, 0.2) is 72.8 Å². The SMILES string of the molecule is OC(CNC(c1cccc(Oc2ccc(C(F)(F)F)cc2)c1)c1cccc(OC(F)(F)C(F)F)c1)C(F)(F)F. The number of hydrogen-bond donors (Lipinski definition) is 2. The molecule has 0 spiro atoms. The molecule has 4 nitrogen and oxygen atoms in total. The second-order valence-electron chi connectivity index (χ2n) is 8.13. The summed E-state index contributed by atoms with van der Waals surface area (Å²) >= 11 is 0. The standard InChI is InChI=1S/C25H19F10NO3/c26-22(27)25(34,35)39-19-6-2-4-15(12-19)21(36-13-20(37)24(31,32)33)14-3-1-5-18(11-14)38-17-9-7-16(8-10-17)23(28,29)30/h1-12,20-22,36-37H,13H2. The molecule has 14 heteroatoms. The fourth-order valence-corrected chi connectivity index (χ4v) is 3.34. The zero-order chi connectivity index (χ0) is 29.0. The van der Waals surface area contributed by atoms with E-state index in [1.165, 1.54) is 30.3 Å². The van der Waals surface area contributed by atoms with Gasteiger partial charge < -0.3 is 19.9 Å². The van der Waals surface area contributed by atoms with Crippen molar-refractivity contribution in [2.45, 2.75) is 37.0 Å². The summed E-state index contributed by atoms with van der Waals surface area (Å²) in [5, 5.41) is 11.9. The third-order valence-corrected chi connectivity index (χ3v) is 5.20. The number of aliphatic hydroxyl groups is 1. The first-order valence-electron chi connectivity index (χ1n) is 10.9. The molecular weight excluding hydrogens is 552 g/mol. The topological polar surface area (TPSA) is 50.7 Å². The number of alkyl halides is 10. The summed E-state index contributed by atoms with van der Waals surface area (Å²) in [7, 11) is 0. The molecule has 0 fully saturated rings. The quantitative estimate of drug-likeness (QED) is 0.250. The predicted molar refractivity (Wildman–Crippen MR) is 118 cm³/mol. The fraction of sp³-hybridized carbons (Fsp3) is 0.280. The Morgan fingerprint density at radius 3 is 1.77 bits per heavy atom. The third kappa shape index (κ3) is 8.23. The van der Waals surface area contributed by atoms with E-state index in [1.807, 2.05) is 0 Å². The van der Waals surface area contributed by atoms with Gasteiger partial charge in [0.15, 0.2) is 6.10 Å². The van der Waals surface area contributed by atoms with Gasteiger partial charge in [-0.15, -0.1) is 0 Å². The van der Waals surface area contributed by atoms with E-state index >= 15 is 0 Å². The maximum atomic E-state index is 13.4. The Morgan fingerprint density at radius 2 is 1.26 bits per heavy atom. The van der Waals surface area contributed by atoms with Crippen molar-refractivity contribution < 1.29 is 58.5 Å². The Hall–Kier alpha value is -3.52. The van der Waals surface area contributed by atoms with E-state index in [2.05, 4.69) is 10.1 Å². The van der Waals surface area contributed by atoms with Crippen LogP contribution in [0.4, 0.5) is 43.9 Å². The summed E-state index contributed by atoms with van der Waals surface area (Å²) in [6.45, 7) is -1.05.